The van der Waals surface area contributed by atoms with Crippen LogP contribution >= 0.6 is 0 Å². The predicted molar refractivity (Wildman–Crippen MR) is 88.0 cm³/mol. The van der Waals surface area contributed by atoms with Gasteiger partial charge in [0.05, 0.1) is 5.92 Å². The summed E-state index contributed by atoms with van der Waals surface area (Å²) in [7, 11) is 0. The van der Waals surface area contributed by atoms with Crippen LogP contribution in [0.3, 0.4) is 0 Å². The average Bonchev–Trinajstić information content (AvgIpc) is 2.87. The predicted octanol–water partition coefficient (Wildman–Crippen LogP) is 3.71. The zero-order valence-corrected chi connectivity index (χ0v) is 14.0. The molecule has 21 heavy (non-hydrogen) atoms. The second kappa shape index (κ2) is 8.17. The molecule has 0 aromatic heterocycles. The number of amides is 1. The molecule has 2 unspecified atom stereocenters. The molecular formula is C18H34N2O. The molecule has 1 amide bonds. The Balaban J connectivity index is 2.04. The maximum absolute atomic E-state index is 13.1. The van der Waals surface area contributed by atoms with Crippen molar-refractivity contribution in [3.63, 3.8) is 0 Å². The molecule has 2 fully saturated rings. The van der Waals surface area contributed by atoms with Crippen LogP contribution in [0.4, 0.5) is 0 Å². The van der Waals surface area contributed by atoms with Crippen molar-refractivity contribution >= 4 is 5.91 Å². The van der Waals surface area contributed by atoms with Crippen LogP contribution in [0, 0.1) is 11.8 Å². The lowest BCUT2D eigenvalue weighted by molar-refractivity contribution is -0.139. The van der Waals surface area contributed by atoms with Gasteiger partial charge in [0.1, 0.15) is 0 Å². The van der Waals surface area contributed by atoms with E-state index in [4.69, 9.17) is 5.73 Å². The highest BCUT2D eigenvalue weighted by Gasteiger charge is 2.34. The molecule has 2 rings (SSSR count). The minimum atomic E-state index is 0.0836. The zero-order valence-electron chi connectivity index (χ0n) is 14.0. The minimum Gasteiger partial charge on any atom is -0.339 e. The molecule has 122 valence electrons. The van der Waals surface area contributed by atoms with E-state index in [0.29, 0.717) is 17.9 Å². The highest BCUT2D eigenvalue weighted by Crippen LogP contribution is 2.29. The Labute approximate surface area is 130 Å². The van der Waals surface area contributed by atoms with Gasteiger partial charge < -0.3 is 10.6 Å². The highest BCUT2D eigenvalue weighted by molar-refractivity contribution is 5.80. The van der Waals surface area contributed by atoms with E-state index < -0.39 is 0 Å². The van der Waals surface area contributed by atoms with E-state index >= 15 is 0 Å². The number of nitrogens with two attached hydrogens (primary N) is 1. The first-order chi connectivity index (χ1) is 10.1. The second-order valence-corrected chi connectivity index (χ2v) is 7.56. The summed E-state index contributed by atoms with van der Waals surface area (Å²) in [6, 6.07) is 0.578. The van der Waals surface area contributed by atoms with Crippen LogP contribution in [0.1, 0.15) is 78.1 Å². The summed E-state index contributed by atoms with van der Waals surface area (Å²) in [5.41, 5.74) is 6.32. The molecule has 0 spiro atoms. The second-order valence-electron chi connectivity index (χ2n) is 7.56. The van der Waals surface area contributed by atoms with Crippen molar-refractivity contribution in [3.8, 4) is 0 Å². The third-order valence-electron chi connectivity index (χ3n) is 5.38. The number of carbonyl (C=O) groups is 1. The zero-order chi connectivity index (χ0) is 15.2. The van der Waals surface area contributed by atoms with Crippen molar-refractivity contribution in [1.82, 2.24) is 4.90 Å². The first-order valence-corrected chi connectivity index (χ1v) is 9.15. The normalized spacial score (nSPS) is 27.8. The van der Waals surface area contributed by atoms with Crippen molar-refractivity contribution in [2.75, 3.05) is 6.54 Å². The lowest BCUT2D eigenvalue weighted by Gasteiger charge is -2.34. The molecule has 0 saturated heterocycles. The van der Waals surface area contributed by atoms with Gasteiger partial charge >= 0.3 is 0 Å². The first kappa shape index (κ1) is 16.8. The Hall–Kier alpha value is -0.570. The van der Waals surface area contributed by atoms with E-state index in [-0.39, 0.29) is 12.0 Å². The fraction of sp³-hybridized carbons (Fsp3) is 0.944. The number of hydrogen-bond donors (Lipinski definition) is 1. The maximum atomic E-state index is 13.1. The molecule has 2 atom stereocenters. The molecule has 0 bridgehead atoms. The summed E-state index contributed by atoms with van der Waals surface area (Å²) in [6.45, 7) is 5.42. The van der Waals surface area contributed by atoms with Gasteiger partial charge in [-0.15, -0.1) is 0 Å². The van der Waals surface area contributed by atoms with Crippen LogP contribution in [0.25, 0.3) is 0 Å². The van der Waals surface area contributed by atoms with Gasteiger partial charge in [-0.1, -0.05) is 46.0 Å². The lowest BCUT2D eigenvalue weighted by Crippen LogP contribution is -2.48. The summed E-state index contributed by atoms with van der Waals surface area (Å²) >= 11 is 0. The van der Waals surface area contributed by atoms with E-state index in [1.54, 1.807) is 0 Å². The van der Waals surface area contributed by atoms with Crippen molar-refractivity contribution in [3.05, 3.63) is 0 Å². The van der Waals surface area contributed by atoms with E-state index in [9.17, 15) is 4.79 Å². The van der Waals surface area contributed by atoms with Crippen molar-refractivity contribution in [2.24, 2.45) is 17.6 Å². The molecule has 2 aliphatic carbocycles. The van der Waals surface area contributed by atoms with Crippen molar-refractivity contribution in [2.45, 2.75) is 90.1 Å². The van der Waals surface area contributed by atoms with Gasteiger partial charge in [0.25, 0.3) is 0 Å². The number of carbonyl (C=O) groups excluding carboxylic acids is 1. The molecule has 2 N–H and O–H groups in total. The lowest BCUT2D eigenvalue weighted by atomic mass is 9.93. The number of hydrogen-bond acceptors (Lipinski definition) is 2. The Kier molecular flexibility index (Phi) is 6.53. The third-order valence-corrected chi connectivity index (χ3v) is 5.38. The Morgan fingerprint density at radius 3 is 2.33 bits per heavy atom. The monoisotopic (exact) mass is 294 g/mol. The van der Waals surface area contributed by atoms with Gasteiger partial charge in [-0.2, -0.15) is 0 Å². The van der Waals surface area contributed by atoms with Crippen LogP contribution in [0.2, 0.25) is 0 Å². The number of nitrogens with zero attached hydrogens (tertiary/aromatic N) is 1. The summed E-state index contributed by atoms with van der Waals surface area (Å²) in [4.78, 5) is 15.3. The first-order valence-electron chi connectivity index (χ1n) is 9.15. The highest BCUT2D eigenvalue weighted by atomic mass is 16.2. The van der Waals surface area contributed by atoms with E-state index in [2.05, 4.69) is 18.7 Å². The summed E-state index contributed by atoms with van der Waals surface area (Å²) in [5.74, 6) is 1.11. The van der Waals surface area contributed by atoms with E-state index in [1.807, 2.05) is 0 Å². The number of rotatable bonds is 5. The standard InChI is InChI=1S/C18H34N2O/c1-14(2)12-13-20(15-8-6-7-9-15)18(21)16-10-4-3-5-11-17(16)19/h14-17H,3-13,19H2,1-2H3. The molecule has 0 radical (unpaired) electrons. The Morgan fingerprint density at radius 2 is 1.67 bits per heavy atom. The Morgan fingerprint density at radius 1 is 1.05 bits per heavy atom. The molecule has 2 saturated carbocycles. The molecule has 0 aliphatic heterocycles. The third kappa shape index (κ3) is 4.70. The molecule has 2 aliphatic rings. The van der Waals surface area contributed by atoms with Gasteiger partial charge in [0.15, 0.2) is 0 Å². The summed E-state index contributed by atoms with van der Waals surface area (Å²) < 4.78 is 0. The van der Waals surface area contributed by atoms with E-state index in [1.165, 1.54) is 44.9 Å². The largest absolute Gasteiger partial charge is 0.339 e. The van der Waals surface area contributed by atoms with E-state index in [0.717, 1.165) is 25.8 Å². The smallest absolute Gasteiger partial charge is 0.227 e. The van der Waals surface area contributed by atoms with Gasteiger partial charge in [-0.05, 0) is 38.0 Å². The maximum Gasteiger partial charge on any atom is 0.227 e. The van der Waals surface area contributed by atoms with Crippen molar-refractivity contribution in [1.29, 1.82) is 0 Å². The molecule has 0 aromatic carbocycles. The summed E-state index contributed by atoms with van der Waals surface area (Å²) in [6.07, 6.45) is 11.7. The molecule has 3 heteroatoms. The van der Waals surface area contributed by atoms with Gasteiger partial charge in [0.2, 0.25) is 5.91 Å². The van der Waals surface area contributed by atoms with Gasteiger partial charge in [0, 0.05) is 18.6 Å². The fourth-order valence-corrected chi connectivity index (χ4v) is 3.94. The quantitative estimate of drug-likeness (QED) is 0.786. The van der Waals surface area contributed by atoms with Crippen LogP contribution in [-0.2, 0) is 4.79 Å². The van der Waals surface area contributed by atoms with Crippen LogP contribution in [0.5, 0.6) is 0 Å². The topological polar surface area (TPSA) is 46.3 Å². The van der Waals surface area contributed by atoms with Crippen LogP contribution in [-0.4, -0.2) is 29.4 Å². The van der Waals surface area contributed by atoms with Crippen molar-refractivity contribution < 1.29 is 4.79 Å². The SMILES string of the molecule is CC(C)CCN(C(=O)C1CCCCCC1N)C1CCCC1. The minimum absolute atomic E-state index is 0.0836. The van der Waals surface area contributed by atoms with Gasteiger partial charge in [-0.3, -0.25) is 4.79 Å². The molecule has 3 nitrogen and oxygen atoms in total. The van der Waals surface area contributed by atoms with Gasteiger partial charge in [-0.25, -0.2) is 0 Å². The molecular weight excluding hydrogens is 260 g/mol. The summed E-state index contributed by atoms with van der Waals surface area (Å²) in [5, 5.41) is 0. The molecule has 0 aromatic rings. The Bertz CT molecular complexity index is 323. The average molecular weight is 294 g/mol. The van der Waals surface area contributed by atoms with Crippen LogP contribution < -0.4 is 5.73 Å². The van der Waals surface area contributed by atoms with Crippen LogP contribution in [0.15, 0.2) is 0 Å². The molecule has 0 heterocycles. The fourth-order valence-electron chi connectivity index (χ4n) is 3.94.